The molecule has 3 aliphatic carbocycles. The van der Waals surface area contributed by atoms with Crippen molar-refractivity contribution in [3.63, 3.8) is 0 Å². The maximum atomic E-state index is 13.1. The molecule has 3 saturated carbocycles. The van der Waals surface area contributed by atoms with Crippen LogP contribution in [0.15, 0.2) is 60.9 Å². The number of aromatic amines is 2. The summed E-state index contributed by atoms with van der Waals surface area (Å²) in [7, 11) is 0. The van der Waals surface area contributed by atoms with E-state index in [1.54, 1.807) is 0 Å². The zero-order chi connectivity index (χ0) is 36.1. The molecule has 272 valence electrons. The van der Waals surface area contributed by atoms with Crippen molar-refractivity contribution in [2.45, 2.75) is 127 Å². The summed E-state index contributed by atoms with van der Waals surface area (Å²) in [4.78, 5) is 46.5. The van der Waals surface area contributed by atoms with Crippen molar-refractivity contribution < 1.29 is 19.1 Å². The smallest absolute Gasteiger partial charge is 0.411 e. The van der Waals surface area contributed by atoms with Crippen LogP contribution in [0.1, 0.15) is 127 Å². The zero-order valence-corrected chi connectivity index (χ0v) is 31.1. The number of carbonyl (C=O) groups is 2. The molecule has 2 aromatic carbocycles. The van der Waals surface area contributed by atoms with E-state index in [2.05, 4.69) is 58.5 Å². The number of piperidine rings is 2. The average Bonchev–Trinajstić information content (AvgIpc) is 3.66. The predicted octanol–water partition coefficient (Wildman–Crippen LogP) is 9.27. The van der Waals surface area contributed by atoms with Gasteiger partial charge in [0.15, 0.2) is 0 Å². The number of rotatable bonds is 6. The number of aromatic nitrogens is 4. The molecular weight excluding hydrogens is 652 g/mol. The molecule has 0 spiro atoms. The molecule has 0 bridgehead atoms. The average molecular weight is 703 g/mol. The first-order valence-corrected chi connectivity index (χ1v) is 19.1. The molecule has 2 N–H and O–H groups in total. The summed E-state index contributed by atoms with van der Waals surface area (Å²) >= 11 is 0. The van der Waals surface area contributed by atoms with Crippen LogP contribution in [0.3, 0.4) is 0 Å². The molecule has 4 aromatic rings. The van der Waals surface area contributed by atoms with Crippen LogP contribution in [0.2, 0.25) is 0 Å². The van der Waals surface area contributed by atoms with Gasteiger partial charge in [0, 0.05) is 12.1 Å². The van der Waals surface area contributed by atoms with Crippen molar-refractivity contribution in [2.75, 3.05) is 0 Å². The number of H-pyrrole nitrogens is 2. The molecule has 8 atom stereocenters. The molecule has 10 heteroatoms. The molecule has 5 aliphatic rings. The fourth-order valence-electron chi connectivity index (χ4n) is 8.98. The van der Waals surface area contributed by atoms with E-state index in [9.17, 15) is 9.59 Å². The van der Waals surface area contributed by atoms with E-state index in [-0.39, 0.29) is 36.4 Å². The van der Waals surface area contributed by atoms with Gasteiger partial charge < -0.3 is 19.4 Å². The largest absolute Gasteiger partial charge is 0.444 e. The van der Waals surface area contributed by atoms with Crippen LogP contribution in [0, 0.1) is 11.8 Å². The first-order chi connectivity index (χ1) is 24.8. The van der Waals surface area contributed by atoms with E-state index >= 15 is 0 Å². The summed E-state index contributed by atoms with van der Waals surface area (Å²) in [6.45, 7) is 11.5. The van der Waals surface area contributed by atoms with Gasteiger partial charge >= 0.3 is 12.2 Å². The van der Waals surface area contributed by atoms with E-state index in [0.29, 0.717) is 23.7 Å². The van der Waals surface area contributed by atoms with Crippen LogP contribution in [0.5, 0.6) is 0 Å². The number of nitrogens with zero attached hydrogens (tertiary/aromatic N) is 4. The van der Waals surface area contributed by atoms with Crippen LogP contribution >= 0.6 is 0 Å². The highest BCUT2D eigenvalue weighted by Crippen LogP contribution is 2.55. The standard InChI is InChI=1S/C42H50N6O4/c1-41(2,3)51-39(49)47-33-17-27(33)19-35(47)37-43-21-31(45-37)25-11-7-23(8-12-25)29-15-16-30(29)24-9-13-26(14-10-24)32-22-44-38(46-32)36-20-28-18-34(28)48(36)40(50)52-42(4,5)6/h7-14,21-22,27-30,33-36H,15-20H2,1-6H3,(H,43,45)(H,44,46)/t27-,28-,29-,30-,33-,34-,35+,36+/m1/s1. The van der Waals surface area contributed by atoms with Gasteiger partial charge in [0.25, 0.3) is 0 Å². The predicted molar refractivity (Wildman–Crippen MR) is 197 cm³/mol. The summed E-state index contributed by atoms with van der Waals surface area (Å²) < 4.78 is 11.5. The molecule has 0 unspecified atom stereocenters. The topological polar surface area (TPSA) is 116 Å². The number of amides is 2. The summed E-state index contributed by atoms with van der Waals surface area (Å²) in [6.07, 6.45) is 9.62. The number of benzene rings is 2. The molecule has 0 radical (unpaired) electrons. The number of fused-ring (bicyclic) bond motifs is 2. The van der Waals surface area contributed by atoms with Crippen molar-refractivity contribution in [2.24, 2.45) is 11.8 Å². The number of carbonyl (C=O) groups excluding carboxylic acids is 2. The van der Waals surface area contributed by atoms with E-state index in [1.165, 1.54) is 24.0 Å². The fourth-order valence-corrected chi connectivity index (χ4v) is 8.98. The molecule has 52 heavy (non-hydrogen) atoms. The fraction of sp³-hybridized carbons (Fsp3) is 0.524. The lowest BCUT2D eigenvalue weighted by atomic mass is 9.67. The van der Waals surface area contributed by atoms with Gasteiger partial charge in [-0.05, 0) is 126 Å². The van der Waals surface area contributed by atoms with E-state index in [4.69, 9.17) is 19.4 Å². The van der Waals surface area contributed by atoms with Gasteiger partial charge in [-0.2, -0.15) is 0 Å². The Kier molecular flexibility index (Phi) is 7.65. The molecule has 2 aromatic heterocycles. The quantitative estimate of drug-likeness (QED) is 0.207. The Hall–Kier alpha value is -4.60. The minimum absolute atomic E-state index is 0.0728. The molecule has 9 rings (SSSR count). The van der Waals surface area contributed by atoms with Crippen LogP contribution in [-0.4, -0.2) is 65.2 Å². The number of hydrogen-bond donors (Lipinski definition) is 2. The Morgan fingerprint density at radius 3 is 1.35 bits per heavy atom. The Morgan fingerprint density at radius 1 is 0.615 bits per heavy atom. The number of likely N-dealkylation sites (tertiary alicyclic amines) is 2. The third-order valence-corrected chi connectivity index (χ3v) is 11.8. The zero-order valence-electron chi connectivity index (χ0n) is 31.1. The lowest BCUT2D eigenvalue weighted by Crippen LogP contribution is -2.38. The molecule has 4 heterocycles. The summed E-state index contributed by atoms with van der Waals surface area (Å²) in [5.41, 5.74) is 5.80. The minimum atomic E-state index is -0.525. The first kappa shape index (κ1) is 33.3. The van der Waals surface area contributed by atoms with E-state index in [0.717, 1.165) is 59.8 Å². The molecule has 5 fully saturated rings. The molecule has 2 amide bonds. The van der Waals surface area contributed by atoms with E-state index < -0.39 is 11.2 Å². The third kappa shape index (κ3) is 6.17. The van der Waals surface area contributed by atoms with Gasteiger partial charge in [0.05, 0.1) is 35.9 Å². The number of ether oxygens (including phenoxy) is 2. The SMILES string of the molecule is CC(C)(C)OC(=O)N1[C@@H]2C[C@@H]2C[C@H]1c1ncc(-c2ccc([C@H]3CC[C@@H]3c3ccc(-c4cnc([C@@H]5C[C@H]6C[C@H]6N5C(=O)OC(C)(C)C)[nH]4)cc3)cc2)[nH]1. The summed E-state index contributed by atoms with van der Waals surface area (Å²) in [5, 5.41) is 0. The van der Waals surface area contributed by atoms with Crippen molar-refractivity contribution >= 4 is 12.2 Å². The normalized spacial score (nSPS) is 29.0. The third-order valence-electron chi connectivity index (χ3n) is 11.8. The summed E-state index contributed by atoms with van der Waals surface area (Å²) in [5.74, 6) is 3.72. The second-order valence-electron chi connectivity index (χ2n) is 17.8. The monoisotopic (exact) mass is 702 g/mol. The molecular formula is C42H50N6O4. The van der Waals surface area contributed by atoms with Gasteiger partial charge in [-0.25, -0.2) is 19.6 Å². The maximum absolute atomic E-state index is 13.1. The van der Waals surface area contributed by atoms with Gasteiger partial charge in [-0.15, -0.1) is 0 Å². The van der Waals surface area contributed by atoms with Gasteiger partial charge in [0.1, 0.15) is 22.9 Å². The lowest BCUT2D eigenvalue weighted by Gasteiger charge is -2.37. The van der Waals surface area contributed by atoms with Gasteiger partial charge in [0.2, 0.25) is 0 Å². The van der Waals surface area contributed by atoms with Gasteiger partial charge in [-0.3, -0.25) is 9.80 Å². The van der Waals surface area contributed by atoms with Crippen LogP contribution in [0.4, 0.5) is 9.59 Å². The minimum Gasteiger partial charge on any atom is -0.444 e. The van der Waals surface area contributed by atoms with E-state index in [1.807, 2.05) is 63.7 Å². The van der Waals surface area contributed by atoms with Crippen LogP contribution in [-0.2, 0) is 9.47 Å². The highest BCUT2D eigenvalue weighted by Gasteiger charge is 2.57. The second-order valence-corrected chi connectivity index (χ2v) is 17.8. The van der Waals surface area contributed by atoms with Crippen LogP contribution in [0.25, 0.3) is 22.5 Å². The number of hydrogen-bond acceptors (Lipinski definition) is 6. The number of nitrogens with one attached hydrogen (secondary N) is 2. The molecule has 10 nitrogen and oxygen atoms in total. The lowest BCUT2D eigenvalue weighted by molar-refractivity contribution is 0.0164. The van der Waals surface area contributed by atoms with Crippen molar-refractivity contribution in [3.05, 3.63) is 83.7 Å². The Labute approximate surface area is 305 Å². The van der Waals surface area contributed by atoms with Crippen molar-refractivity contribution in [1.29, 1.82) is 0 Å². The Bertz CT molecular complexity index is 1840. The molecule has 2 saturated heterocycles. The maximum Gasteiger partial charge on any atom is 0.411 e. The van der Waals surface area contributed by atoms with Crippen LogP contribution < -0.4 is 0 Å². The summed E-state index contributed by atoms with van der Waals surface area (Å²) in [6, 6.07) is 18.2. The van der Waals surface area contributed by atoms with Crippen molar-refractivity contribution in [1.82, 2.24) is 29.7 Å². The highest BCUT2D eigenvalue weighted by molar-refractivity contribution is 5.71. The molecule has 2 aliphatic heterocycles. The van der Waals surface area contributed by atoms with Crippen molar-refractivity contribution in [3.8, 4) is 22.5 Å². The highest BCUT2D eigenvalue weighted by atomic mass is 16.6. The second kappa shape index (κ2) is 12.0. The first-order valence-electron chi connectivity index (χ1n) is 19.1. The number of imidazole rings is 2. The van der Waals surface area contributed by atoms with Gasteiger partial charge in [-0.1, -0.05) is 48.5 Å². The Morgan fingerprint density at radius 2 is 1.00 bits per heavy atom. The Balaban J connectivity index is 0.845.